The summed E-state index contributed by atoms with van der Waals surface area (Å²) >= 11 is 5.98. The van der Waals surface area contributed by atoms with Gasteiger partial charge in [-0.2, -0.15) is 0 Å². The predicted octanol–water partition coefficient (Wildman–Crippen LogP) is 2.11. The molecule has 1 aromatic carbocycles. The molecule has 2 amide bonds. The maximum atomic E-state index is 12.0. The average molecular weight is 334 g/mol. The van der Waals surface area contributed by atoms with E-state index in [1.165, 1.54) is 19.2 Å². The molecule has 2 rings (SSSR count). The summed E-state index contributed by atoms with van der Waals surface area (Å²) in [5.41, 5.74) is 6.54. The van der Waals surface area contributed by atoms with Crippen LogP contribution in [0.1, 0.15) is 16.8 Å². The molecule has 1 fully saturated rings. The van der Waals surface area contributed by atoms with Gasteiger partial charge in [0.1, 0.15) is 0 Å². The van der Waals surface area contributed by atoms with Crippen LogP contribution in [0.25, 0.3) is 0 Å². The van der Waals surface area contributed by atoms with Gasteiger partial charge < -0.3 is 20.7 Å². The van der Waals surface area contributed by atoms with E-state index in [2.05, 4.69) is 10.1 Å². The molecule has 0 spiro atoms. The highest BCUT2D eigenvalue weighted by atomic mass is 35.5. The number of carbonyl (C=O) groups is 2. The Bertz CT molecular complexity index is 539. The van der Waals surface area contributed by atoms with Crippen LogP contribution in [0.15, 0.2) is 18.2 Å². The first kappa shape index (κ1) is 17.6. The summed E-state index contributed by atoms with van der Waals surface area (Å²) in [6, 6.07) is 4.44. The van der Waals surface area contributed by atoms with Gasteiger partial charge in [-0.15, -0.1) is 12.4 Å². The van der Waals surface area contributed by atoms with Crippen molar-refractivity contribution in [2.24, 2.45) is 5.73 Å². The predicted molar refractivity (Wildman–Crippen MR) is 83.2 cm³/mol. The van der Waals surface area contributed by atoms with E-state index in [0.29, 0.717) is 18.8 Å². The lowest BCUT2D eigenvalue weighted by molar-refractivity contribution is 0.0601. The maximum absolute atomic E-state index is 12.0. The first-order valence-corrected chi connectivity index (χ1v) is 6.58. The third kappa shape index (κ3) is 4.23. The Balaban J connectivity index is 0.00000220. The Morgan fingerprint density at radius 3 is 2.71 bits per heavy atom. The molecule has 1 saturated heterocycles. The van der Waals surface area contributed by atoms with Crippen LogP contribution in [0.2, 0.25) is 5.02 Å². The van der Waals surface area contributed by atoms with Crippen molar-refractivity contribution in [3.63, 3.8) is 0 Å². The fourth-order valence-electron chi connectivity index (χ4n) is 2.04. The first-order chi connectivity index (χ1) is 9.51. The molecule has 116 valence electrons. The van der Waals surface area contributed by atoms with E-state index in [1.54, 1.807) is 11.0 Å². The van der Waals surface area contributed by atoms with Crippen molar-refractivity contribution >= 4 is 41.7 Å². The van der Waals surface area contributed by atoms with Gasteiger partial charge in [0.05, 0.1) is 17.7 Å². The number of hydrogen-bond acceptors (Lipinski definition) is 4. The van der Waals surface area contributed by atoms with E-state index in [9.17, 15) is 9.59 Å². The van der Waals surface area contributed by atoms with Crippen LogP contribution in [-0.4, -0.2) is 43.1 Å². The Kier molecular flexibility index (Phi) is 6.26. The second kappa shape index (κ2) is 7.49. The van der Waals surface area contributed by atoms with Gasteiger partial charge in [-0.1, -0.05) is 11.6 Å². The fourth-order valence-corrected chi connectivity index (χ4v) is 2.30. The van der Waals surface area contributed by atoms with Gasteiger partial charge in [-0.05, 0) is 24.6 Å². The number of carbonyl (C=O) groups excluding carboxylic acids is 2. The molecule has 1 unspecified atom stereocenters. The zero-order valence-corrected chi connectivity index (χ0v) is 13.0. The number of esters is 1. The lowest BCUT2D eigenvalue weighted by Crippen LogP contribution is -2.35. The lowest BCUT2D eigenvalue weighted by Gasteiger charge is -2.17. The number of benzene rings is 1. The molecule has 0 bridgehead atoms. The normalized spacial score (nSPS) is 17.1. The number of amides is 2. The number of hydrogen-bond donors (Lipinski definition) is 2. The van der Waals surface area contributed by atoms with Crippen molar-refractivity contribution < 1.29 is 14.3 Å². The molecule has 8 heteroatoms. The van der Waals surface area contributed by atoms with Gasteiger partial charge in [0, 0.05) is 24.8 Å². The zero-order chi connectivity index (χ0) is 14.7. The minimum atomic E-state index is -0.515. The molecule has 1 aromatic rings. The first-order valence-electron chi connectivity index (χ1n) is 6.20. The van der Waals surface area contributed by atoms with Crippen LogP contribution < -0.4 is 11.1 Å². The van der Waals surface area contributed by atoms with Gasteiger partial charge in [0.15, 0.2) is 0 Å². The topological polar surface area (TPSA) is 84.7 Å². The number of urea groups is 1. The van der Waals surface area contributed by atoms with Gasteiger partial charge in [-0.3, -0.25) is 0 Å². The van der Waals surface area contributed by atoms with E-state index in [1.807, 2.05) is 0 Å². The second-order valence-electron chi connectivity index (χ2n) is 4.61. The summed E-state index contributed by atoms with van der Waals surface area (Å²) in [5.74, 6) is -0.515. The Morgan fingerprint density at radius 1 is 1.48 bits per heavy atom. The van der Waals surface area contributed by atoms with E-state index in [4.69, 9.17) is 17.3 Å². The summed E-state index contributed by atoms with van der Waals surface area (Å²) in [6.45, 7) is 1.18. The van der Waals surface area contributed by atoms with Crippen molar-refractivity contribution in [3.8, 4) is 0 Å². The minimum Gasteiger partial charge on any atom is -0.465 e. The number of methoxy groups -OCH3 is 1. The highest BCUT2D eigenvalue weighted by Gasteiger charge is 2.23. The molecule has 1 heterocycles. The highest BCUT2D eigenvalue weighted by Crippen LogP contribution is 2.22. The third-order valence-electron chi connectivity index (χ3n) is 3.14. The van der Waals surface area contributed by atoms with Crippen LogP contribution in [0, 0.1) is 0 Å². The number of nitrogens with zero attached hydrogens (tertiary/aromatic N) is 1. The van der Waals surface area contributed by atoms with Crippen LogP contribution in [0.4, 0.5) is 10.5 Å². The zero-order valence-electron chi connectivity index (χ0n) is 11.5. The molecule has 1 atom stereocenters. The van der Waals surface area contributed by atoms with Gasteiger partial charge in [0.25, 0.3) is 0 Å². The largest absolute Gasteiger partial charge is 0.465 e. The molecule has 0 radical (unpaired) electrons. The van der Waals surface area contributed by atoms with Gasteiger partial charge in [-0.25, -0.2) is 9.59 Å². The van der Waals surface area contributed by atoms with Crippen molar-refractivity contribution in [2.45, 2.75) is 12.5 Å². The molecule has 0 aliphatic carbocycles. The third-order valence-corrected chi connectivity index (χ3v) is 3.45. The summed E-state index contributed by atoms with van der Waals surface area (Å²) < 4.78 is 4.60. The number of nitrogens with two attached hydrogens (primary N) is 1. The number of halogens is 2. The van der Waals surface area contributed by atoms with Gasteiger partial charge >= 0.3 is 12.0 Å². The molecule has 0 saturated carbocycles. The lowest BCUT2D eigenvalue weighted by atomic mass is 10.2. The van der Waals surface area contributed by atoms with Crippen LogP contribution >= 0.6 is 24.0 Å². The van der Waals surface area contributed by atoms with E-state index < -0.39 is 5.97 Å². The van der Waals surface area contributed by atoms with Crippen molar-refractivity contribution in [2.75, 3.05) is 25.5 Å². The molecular formula is C13H17Cl2N3O3. The van der Waals surface area contributed by atoms with Crippen molar-refractivity contribution in [1.82, 2.24) is 4.90 Å². The summed E-state index contributed by atoms with van der Waals surface area (Å²) in [4.78, 5) is 25.0. The summed E-state index contributed by atoms with van der Waals surface area (Å²) in [7, 11) is 1.28. The van der Waals surface area contributed by atoms with Crippen LogP contribution in [-0.2, 0) is 4.74 Å². The molecule has 1 aliphatic rings. The number of anilines is 1. The van der Waals surface area contributed by atoms with E-state index in [0.717, 1.165) is 6.42 Å². The summed E-state index contributed by atoms with van der Waals surface area (Å²) in [5, 5.41) is 2.95. The molecular weight excluding hydrogens is 317 g/mol. The number of likely N-dealkylation sites (tertiary alicyclic amines) is 1. The van der Waals surface area contributed by atoms with Crippen molar-refractivity contribution in [3.05, 3.63) is 28.8 Å². The average Bonchev–Trinajstić information content (AvgIpc) is 2.85. The Hall–Kier alpha value is -1.50. The molecule has 3 N–H and O–H groups in total. The number of nitrogens with one attached hydrogen (secondary N) is 1. The molecule has 1 aliphatic heterocycles. The molecule has 0 aromatic heterocycles. The Labute approximate surface area is 134 Å². The van der Waals surface area contributed by atoms with Crippen LogP contribution in [0.5, 0.6) is 0 Å². The molecule has 6 nitrogen and oxygen atoms in total. The van der Waals surface area contributed by atoms with Crippen LogP contribution in [0.3, 0.4) is 0 Å². The quantitative estimate of drug-likeness (QED) is 0.812. The molecule has 21 heavy (non-hydrogen) atoms. The Morgan fingerprint density at radius 2 is 2.19 bits per heavy atom. The van der Waals surface area contributed by atoms with Gasteiger partial charge in [0.2, 0.25) is 0 Å². The van der Waals surface area contributed by atoms with Crippen molar-refractivity contribution in [1.29, 1.82) is 0 Å². The van der Waals surface area contributed by atoms with E-state index in [-0.39, 0.29) is 35.1 Å². The fraction of sp³-hybridized carbons (Fsp3) is 0.385. The second-order valence-corrected chi connectivity index (χ2v) is 5.02. The minimum absolute atomic E-state index is 0. The smallest absolute Gasteiger partial charge is 0.339 e. The monoisotopic (exact) mass is 333 g/mol. The summed E-state index contributed by atoms with van der Waals surface area (Å²) in [6.07, 6.45) is 0.801. The van der Waals surface area contributed by atoms with E-state index >= 15 is 0 Å². The standard InChI is InChI=1S/C13H16ClN3O3.ClH/c1-20-12(18)10-3-2-9(6-11(10)14)16-13(19)17-5-4-8(15)7-17;/h2-3,6,8H,4-5,7,15H2,1H3,(H,16,19);1H. The SMILES string of the molecule is COC(=O)c1ccc(NC(=O)N2CCC(N)C2)cc1Cl.Cl. The maximum Gasteiger partial charge on any atom is 0.339 e. The number of rotatable bonds is 2. The highest BCUT2D eigenvalue weighted by molar-refractivity contribution is 6.33. The number of ether oxygens (including phenoxy) is 1.